The fourth-order valence-electron chi connectivity index (χ4n) is 3.16. The van der Waals surface area contributed by atoms with Gasteiger partial charge in [0.1, 0.15) is 11.4 Å². The fraction of sp³-hybridized carbons (Fsp3) is 0.500. The molecule has 0 saturated heterocycles. The zero-order valence-corrected chi connectivity index (χ0v) is 16.2. The van der Waals surface area contributed by atoms with E-state index in [9.17, 15) is 9.50 Å². The molecule has 1 aliphatic carbocycles. The average Bonchev–Trinajstić information content (AvgIpc) is 3.30. The summed E-state index contributed by atoms with van der Waals surface area (Å²) < 4.78 is 15.2. The smallest absolute Gasteiger partial charge is 0.191 e. The first kappa shape index (κ1) is 19.4. The van der Waals surface area contributed by atoms with Crippen LogP contribution < -0.4 is 10.6 Å². The maximum atomic E-state index is 13.6. The molecule has 1 heterocycles. The van der Waals surface area contributed by atoms with Gasteiger partial charge in [0.05, 0.1) is 12.7 Å². The van der Waals surface area contributed by atoms with E-state index in [0.717, 1.165) is 24.0 Å². The second-order valence-corrected chi connectivity index (χ2v) is 7.52. The second kappa shape index (κ2) is 7.68. The molecule has 1 fully saturated rings. The lowest BCUT2D eigenvalue weighted by atomic mass is 9.96. The molecule has 0 aliphatic heterocycles. The third kappa shape index (κ3) is 4.66. The van der Waals surface area contributed by atoms with Gasteiger partial charge in [-0.15, -0.1) is 0 Å². The van der Waals surface area contributed by atoms with Crippen molar-refractivity contribution in [2.75, 3.05) is 19.6 Å². The van der Waals surface area contributed by atoms with Crippen LogP contribution in [0, 0.1) is 5.82 Å². The van der Waals surface area contributed by atoms with Gasteiger partial charge in [0.15, 0.2) is 5.96 Å². The summed E-state index contributed by atoms with van der Waals surface area (Å²) in [4.78, 5) is 4.55. The van der Waals surface area contributed by atoms with Crippen LogP contribution in [0.5, 0.6) is 0 Å². The molecule has 3 rings (SSSR count). The van der Waals surface area contributed by atoms with Crippen LogP contribution in [-0.2, 0) is 18.1 Å². The van der Waals surface area contributed by atoms with Crippen molar-refractivity contribution in [3.05, 3.63) is 53.6 Å². The van der Waals surface area contributed by atoms with Crippen molar-refractivity contribution < 1.29 is 9.50 Å². The van der Waals surface area contributed by atoms with Crippen molar-refractivity contribution >= 4 is 5.96 Å². The Balaban J connectivity index is 1.66. The number of halogens is 1. The van der Waals surface area contributed by atoms with Gasteiger partial charge >= 0.3 is 0 Å². The first-order valence-corrected chi connectivity index (χ1v) is 9.34. The van der Waals surface area contributed by atoms with Crippen LogP contribution in [0.4, 0.5) is 4.39 Å². The summed E-state index contributed by atoms with van der Waals surface area (Å²) in [6.45, 7) is 5.33. The van der Waals surface area contributed by atoms with Gasteiger partial charge in [0.2, 0.25) is 0 Å². The number of aliphatic imine (C=N–C) groups is 1. The first-order valence-electron chi connectivity index (χ1n) is 9.34. The molecule has 6 nitrogen and oxygen atoms in total. The molecular weight excluding hydrogens is 345 g/mol. The van der Waals surface area contributed by atoms with Crippen molar-refractivity contribution in [3.8, 4) is 0 Å². The zero-order valence-electron chi connectivity index (χ0n) is 16.2. The molecule has 0 radical (unpaired) electrons. The lowest BCUT2D eigenvalue weighted by Gasteiger charge is -2.22. The van der Waals surface area contributed by atoms with Gasteiger partial charge in [-0.2, -0.15) is 5.10 Å². The lowest BCUT2D eigenvalue weighted by Crippen LogP contribution is -2.42. The molecular formula is C20H28FN5O. The van der Waals surface area contributed by atoms with Crippen molar-refractivity contribution in [3.63, 3.8) is 0 Å². The van der Waals surface area contributed by atoms with Gasteiger partial charge in [-0.05, 0) is 44.4 Å². The molecule has 1 aromatic heterocycles. The summed E-state index contributed by atoms with van der Waals surface area (Å²) in [5.41, 5.74) is 0.608. The maximum Gasteiger partial charge on any atom is 0.191 e. The number of nitrogens with one attached hydrogen (secondary N) is 2. The lowest BCUT2D eigenvalue weighted by molar-refractivity contribution is 0.0672. The van der Waals surface area contributed by atoms with Crippen LogP contribution in [0.3, 0.4) is 0 Å². The third-order valence-electron chi connectivity index (χ3n) is 5.10. The standard InChI is InChI=1S/C20H28FN5O/c1-4-22-18(23-13-19(2,27)16-11-25-26(3)12-16)24-14-20(8-9-20)15-6-5-7-17(21)10-15/h5-7,10-12,27H,4,8-9,13-14H2,1-3H3,(H2,22,23,24). The molecule has 1 saturated carbocycles. The largest absolute Gasteiger partial charge is 0.383 e. The van der Waals surface area contributed by atoms with Crippen molar-refractivity contribution in [1.82, 2.24) is 20.4 Å². The van der Waals surface area contributed by atoms with E-state index in [-0.39, 0.29) is 17.8 Å². The molecule has 0 amide bonds. The Kier molecular flexibility index (Phi) is 5.51. The number of hydrogen-bond acceptors (Lipinski definition) is 3. The van der Waals surface area contributed by atoms with E-state index < -0.39 is 5.60 Å². The number of hydrogen-bond donors (Lipinski definition) is 3. The Morgan fingerprint density at radius 1 is 1.41 bits per heavy atom. The highest BCUT2D eigenvalue weighted by Crippen LogP contribution is 2.47. The SMILES string of the molecule is CCNC(=NCC(C)(O)c1cnn(C)c1)NCC1(c2cccc(F)c2)CC1. The minimum Gasteiger partial charge on any atom is -0.383 e. The fourth-order valence-corrected chi connectivity index (χ4v) is 3.16. The topological polar surface area (TPSA) is 74.5 Å². The zero-order chi connectivity index (χ0) is 19.5. The Morgan fingerprint density at radius 3 is 2.78 bits per heavy atom. The molecule has 7 heteroatoms. The monoisotopic (exact) mass is 373 g/mol. The first-order chi connectivity index (χ1) is 12.8. The molecule has 3 N–H and O–H groups in total. The van der Waals surface area contributed by atoms with Crippen LogP contribution in [0.1, 0.15) is 37.8 Å². The van der Waals surface area contributed by atoms with E-state index in [0.29, 0.717) is 19.0 Å². The molecule has 1 atom stereocenters. The number of aromatic nitrogens is 2. The number of rotatable bonds is 7. The molecule has 2 aromatic rings. The summed E-state index contributed by atoms with van der Waals surface area (Å²) in [7, 11) is 1.82. The number of nitrogens with zero attached hydrogens (tertiary/aromatic N) is 3. The maximum absolute atomic E-state index is 13.6. The van der Waals surface area contributed by atoms with E-state index >= 15 is 0 Å². The highest BCUT2D eigenvalue weighted by molar-refractivity contribution is 5.80. The predicted octanol–water partition coefficient (Wildman–Crippen LogP) is 2.05. The summed E-state index contributed by atoms with van der Waals surface area (Å²) in [5.74, 6) is 0.441. The quantitative estimate of drug-likeness (QED) is 0.513. The van der Waals surface area contributed by atoms with Crippen molar-refractivity contribution in [1.29, 1.82) is 0 Å². The Labute approximate surface area is 159 Å². The van der Waals surface area contributed by atoms with Crippen molar-refractivity contribution in [2.45, 2.75) is 37.7 Å². The van der Waals surface area contributed by atoms with Gasteiger partial charge < -0.3 is 15.7 Å². The predicted molar refractivity (Wildman–Crippen MR) is 104 cm³/mol. The van der Waals surface area contributed by atoms with Crippen LogP contribution in [0.2, 0.25) is 0 Å². The highest BCUT2D eigenvalue weighted by Gasteiger charge is 2.44. The van der Waals surface area contributed by atoms with E-state index in [1.165, 1.54) is 6.07 Å². The Hall–Kier alpha value is -2.41. The summed E-state index contributed by atoms with van der Waals surface area (Å²) in [5, 5.41) is 21.4. The van der Waals surface area contributed by atoms with Crippen LogP contribution in [0.15, 0.2) is 41.7 Å². The molecule has 27 heavy (non-hydrogen) atoms. The van der Waals surface area contributed by atoms with E-state index in [2.05, 4.69) is 20.7 Å². The minimum absolute atomic E-state index is 0.0375. The highest BCUT2D eigenvalue weighted by atomic mass is 19.1. The van der Waals surface area contributed by atoms with E-state index in [1.807, 2.05) is 20.0 Å². The van der Waals surface area contributed by atoms with Crippen LogP contribution >= 0.6 is 0 Å². The minimum atomic E-state index is -1.10. The molecule has 146 valence electrons. The number of aryl methyl sites for hydroxylation is 1. The average molecular weight is 373 g/mol. The molecule has 0 spiro atoms. The van der Waals surface area contributed by atoms with Crippen LogP contribution in [-0.4, -0.2) is 40.5 Å². The Bertz CT molecular complexity index is 810. The molecule has 1 aromatic carbocycles. The van der Waals surface area contributed by atoms with E-state index in [4.69, 9.17) is 0 Å². The van der Waals surface area contributed by atoms with Crippen LogP contribution in [0.25, 0.3) is 0 Å². The van der Waals surface area contributed by atoms with Gasteiger partial charge in [-0.25, -0.2) is 9.38 Å². The van der Waals surface area contributed by atoms with Gasteiger partial charge in [0, 0.05) is 37.3 Å². The number of aliphatic hydroxyl groups is 1. The number of benzene rings is 1. The molecule has 1 unspecified atom stereocenters. The summed E-state index contributed by atoms with van der Waals surface area (Å²) in [6, 6.07) is 6.83. The van der Waals surface area contributed by atoms with Gasteiger partial charge in [-0.1, -0.05) is 12.1 Å². The van der Waals surface area contributed by atoms with Gasteiger partial charge in [-0.3, -0.25) is 4.68 Å². The summed E-state index contributed by atoms with van der Waals surface area (Å²) in [6.07, 6.45) is 5.49. The normalized spacial score (nSPS) is 18.0. The summed E-state index contributed by atoms with van der Waals surface area (Å²) >= 11 is 0. The van der Waals surface area contributed by atoms with E-state index in [1.54, 1.807) is 36.1 Å². The molecule has 0 bridgehead atoms. The van der Waals surface area contributed by atoms with Crippen molar-refractivity contribution in [2.24, 2.45) is 12.0 Å². The Morgan fingerprint density at radius 2 is 2.19 bits per heavy atom. The third-order valence-corrected chi connectivity index (χ3v) is 5.10. The second-order valence-electron chi connectivity index (χ2n) is 7.52. The molecule has 1 aliphatic rings. The number of guanidine groups is 1. The van der Waals surface area contributed by atoms with Gasteiger partial charge in [0.25, 0.3) is 0 Å².